The fraction of sp³-hybridized carbons (Fsp3) is 0.350. The van der Waals surface area contributed by atoms with E-state index in [-0.39, 0.29) is 17.4 Å². The molecule has 2 aromatic rings. The summed E-state index contributed by atoms with van der Waals surface area (Å²) in [4.78, 5) is 5.67. The van der Waals surface area contributed by atoms with Crippen LogP contribution >= 0.6 is 0 Å². The lowest BCUT2D eigenvalue weighted by Crippen LogP contribution is -2.30. The predicted molar refractivity (Wildman–Crippen MR) is 107 cm³/mol. The van der Waals surface area contributed by atoms with E-state index in [1.807, 2.05) is 37.3 Å². The van der Waals surface area contributed by atoms with Crippen LogP contribution in [-0.2, 0) is 14.9 Å². The van der Waals surface area contributed by atoms with Crippen molar-refractivity contribution in [1.82, 2.24) is 0 Å². The van der Waals surface area contributed by atoms with E-state index in [0.29, 0.717) is 18.6 Å². The highest BCUT2D eigenvalue weighted by atomic mass is 32.2. The molecule has 9 heteroatoms. The van der Waals surface area contributed by atoms with Gasteiger partial charge in [0.25, 0.3) is 0 Å². The van der Waals surface area contributed by atoms with Crippen molar-refractivity contribution in [1.29, 1.82) is 0 Å². The lowest BCUT2D eigenvalue weighted by molar-refractivity contribution is -0.0429. The molecule has 0 aliphatic heterocycles. The van der Waals surface area contributed by atoms with Crippen LogP contribution in [0, 0.1) is 6.92 Å². The summed E-state index contributed by atoms with van der Waals surface area (Å²) in [5.74, 6) is 0. The first-order chi connectivity index (χ1) is 13.6. The third-order valence-electron chi connectivity index (χ3n) is 4.20. The summed E-state index contributed by atoms with van der Waals surface area (Å²) in [6.45, 7) is 5.43. The highest BCUT2D eigenvalue weighted by Gasteiger charge is 2.46. The van der Waals surface area contributed by atoms with Crippen LogP contribution in [0.5, 0.6) is 0 Å². The van der Waals surface area contributed by atoms with E-state index >= 15 is 0 Å². The number of benzene rings is 2. The minimum absolute atomic E-state index is 0.204. The molecular formula is C20H23F3N2O3S. The van der Waals surface area contributed by atoms with Crippen molar-refractivity contribution in [2.75, 3.05) is 4.72 Å². The molecule has 0 heterocycles. The molecule has 0 radical (unpaired) electrons. The number of alkyl halides is 3. The first-order valence-corrected chi connectivity index (χ1v) is 10.5. The summed E-state index contributed by atoms with van der Waals surface area (Å²) in [5.41, 5.74) is -3.39. The van der Waals surface area contributed by atoms with Gasteiger partial charge in [-0.1, -0.05) is 61.0 Å². The number of hydrogen-bond donors (Lipinski definition) is 1. The minimum Gasteiger partial charge on any atom is -0.387 e. The van der Waals surface area contributed by atoms with Crippen molar-refractivity contribution in [2.24, 2.45) is 5.16 Å². The SMILES string of the molecule is CC/C(=N\OC(CC)c1ccccc1)c1cc(C)ccc1NS(=O)(=O)C(F)(F)F. The van der Waals surface area contributed by atoms with Crippen LogP contribution in [0.25, 0.3) is 0 Å². The molecule has 0 saturated heterocycles. The average molecular weight is 428 g/mol. The monoisotopic (exact) mass is 428 g/mol. The van der Waals surface area contributed by atoms with Crippen molar-refractivity contribution < 1.29 is 26.4 Å². The molecule has 0 aliphatic carbocycles. The van der Waals surface area contributed by atoms with Gasteiger partial charge in [0.1, 0.15) is 0 Å². The Kier molecular flexibility index (Phi) is 7.29. The Morgan fingerprint density at radius 2 is 1.79 bits per heavy atom. The topological polar surface area (TPSA) is 67.8 Å². The van der Waals surface area contributed by atoms with E-state index in [0.717, 1.165) is 11.1 Å². The Balaban J connectivity index is 2.39. The van der Waals surface area contributed by atoms with Crippen LogP contribution in [0.15, 0.2) is 53.7 Å². The zero-order chi connectivity index (χ0) is 21.7. The van der Waals surface area contributed by atoms with Crippen LogP contribution in [0.3, 0.4) is 0 Å². The Bertz CT molecular complexity index is 959. The molecule has 29 heavy (non-hydrogen) atoms. The van der Waals surface area contributed by atoms with Crippen LogP contribution in [0.1, 0.15) is 49.5 Å². The number of nitrogens with one attached hydrogen (secondary N) is 1. The summed E-state index contributed by atoms with van der Waals surface area (Å²) in [7, 11) is -5.55. The van der Waals surface area contributed by atoms with E-state index in [9.17, 15) is 21.6 Å². The molecular weight excluding hydrogens is 405 g/mol. The van der Waals surface area contributed by atoms with Gasteiger partial charge in [-0.2, -0.15) is 21.6 Å². The van der Waals surface area contributed by atoms with Crippen LogP contribution in [-0.4, -0.2) is 19.6 Å². The summed E-state index contributed by atoms with van der Waals surface area (Å²) < 4.78 is 63.1. The number of halogens is 3. The van der Waals surface area contributed by atoms with Gasteiger partial charge in [-0.25, -0.2) is 0 Å². The molecule has 2 rings (SSSR count). The number of rotatable bonds is 8. The van der Waals surface area contributed by atoms with Gasteiger partial charge in [0.05, 0.1) is 11.4 Å². The Morgan fingerprint density at radius 1 is 1.14 bits per heavy atom. The Hall–Kier alpha value is -2.55. The van der Waals surface area contributed by atoms with Crippen LogP contribution < -0.4 is 4.72 Å². The molecule has 1 N–H and O–H groups in total. The fourth-order valence-corrected chi connectivity index (χ4v) is 3.24. The van der Waals surface area contributed by atoms with Crippen LogP contribution in [0.4, 0.5) is 18.9 Å². The summed E-state index contributed by atoms with van der Waals surface area (Å²) in [5, 5.41) is 4.15. The maximum atomic E-state index is 12.8. The Labute approximate surface area is 168 Å². The van der Waals surface area contributed by atoms with Crippen molar-refractivity contribution in [2.45, 2.75) is 45.2 Å². The van der Waals surface area contributed by atoms with Gasteiger partial charge in [0, 0.05) is 5.56 Å². The van der Waals surface area contributed by atoms with Gasteiger partial charge in [0.15, 0.2) is 6.10 Å². The third kappa shape index (κ3) is 5.72. The second-order valence-electron chi connectivity index (χ2n) is 6.40. The second kappa shape index (κ2) is 9.30. The van der Waals surface area contributed by atoms with Gasteiger partial charge < -0.3 is 4.84 Å². The molecule has 0 bridgehead atoms. The van der Waals surface area contributed by atoms with Crippen molar-refractivity contribution in [3.8, 4) is 0 Å². The number of hydrogen-bond acceptors (Lipinski definition) is 4. The standard InChI is InChI=1S/C20H23F3N2O3S/c1-4-17(24-28-19(5-2)15-9-7-6-8-10-15)16-13-14(3)11-12-18(16)25-29(26,27)20(21,22)23/h6-13,19,25H,4-5H2,1-3H3/b24-17+. The van der Waals surface area contributed by atoms with Gasteiger partial charge in [-0.05, 0) is 37.5 Å². The second-order valence-corrected chi connectivity index (χ2v) is 8.08. The first kappa shape index (κ1) is 22.7. The smallest absolute Gasteiger partial charge is 0.387 e. The first-order valence-electron chi connectivity index (χ1n) is 9.06. The maximum absolute atomic E-state index is 12.8. The highest BCUT2D eigenvalue weighted by molar-refractivity contribution is 7.93. The molecule has 0 amide bonds. The number of oxime groups is 1. The minimum atomic E-state index is -5.55. The van der Waals surface area contributed by atoms with Gasteiger partial charge >= 0.3 is 15.5 Å². The average Bonchev–Trinajstić information content (AvgIpc) is 2.67. The van der Waals surface area contributed by atoms with Crippen LogP contribution in [0.2, 0.25) is 0 Å². The molecule has 1 atom stereocenters. The largest absolute Gasteiger partial charge is 0.516 e. The summed E-state index contributed by atoms with van der Waals surface area (Å²) in [6.07, 6.45) is 0.624. The molecule has 2 aromatic carbocycles. The zero-order valence-electron chi connectivity index (χ0n) is 16.3. The number of nitrogens with zero attached hydrogens (tertiary/aromatic N) is 1. The molecule has 0 fully saturated rings. The predicted octanol–water partition coefficient (Wildman–Crippen LogP) is 5.54. The maximum Gasteiger partial charge on any atom is 0.516 e. The van der Waals surface area contributed by atoms with Crippen molar-refractivity contribution >= 4 is 21.4 Å². The third-order valence-corrected chi connectivity index (χ3v) is 5.30. The van der Waals surface area contributed by atoms with E-state index in [1.54, 1.807) is 24.6 Å². The van der Waals surface area contributed by atoms with Gasteiger partial charge in [-0.15, -0.1) is 0 Å². The zero-order valence-corrected chi connectivity index (χ0v) is 17.1. The molecule has 0 aromatic heterocycles. The van der Waals surface area contributed by atoms with E-state index in [4.69, 9.17) is 4.84 Å². The van der Waals surface area contributed by atoms with Gasteiger partial charge in [0.2, 0.25) is 0 Å². The fourth-order valence-electron chi connectivity index (χ4n) is 2.66. The molecule has 5 nitrogen and oxygen atoms in total. The van der Waals surface area contributed by atoms with E-state index in [1.165, 1.54) is 12.1 Å². The number of sulfonamides is 1. The Morgan fingerprint density at radius 3 is 2.34 bits per heavy atom. The molecule has 158 valence electrons. The summed E-state index contributed by atoms with van der Waals surface area (Å²) in [6, 6.07) is 13.8. The van der Waals surface area contributed by atoms with Crippen molar-refractivity contribution in [3.05, 3.63) is 65.2 Å². The number of anilines is 1. The van der Waals surface area contributed by atoms with Gasteiger partial charge in [-0.3, -0.25) is 4.72 Å². The molecule has 0 saturated carbocycles. The molecule has 0 aliphatic rings. The molecule has 0 spiro atoms. The normalized spacial score (nSPS) is 13.8. The number of aryl methyl sites for hydroxylation is 1. The van der Waals surface area contributed by atoms with Crippen molar-refractivity contribution in [3.63, 3.8) is 0 Å². The summed E-state index contributed by atoms with van der Waals surface area (Å²) >= 11 is 0. The van der Waals surface area contributed by atoms with E-state index in [2.05, 4.69) is 5.16 Å². The lowest BCUT2D eigenvalue weighted by Gasteiger charge is -2.17. The quantitative estimate of drug-likeness (QED) is 0.443. The highest BCUT2D eigenvalue weighted by Crippen LogP contribution is 2.29. The molecule has 1 unspecified atom stereocenters. The van der Waals surface area contributed by atoms with E-state index < -0.39 is 15.5 Å². The lowest BCUT2D eigenvalue weighted by atomic mass is 10.0.